The molecule has 2 rings (SSSR count). The van der Waals surface area contributed by atoms with Crippen LogP contribution in [0, 0.1) is 0 Å². The SMILES string of the molecule is CCOc1cc(-c2n[nH]c(C(=O)O)n2)cc(OCC)c1OCC. The van der Waals surface area contributed by atoms with Crippen LogP contribution in [0.1, 0.15) is 31.4 Å². The predicted molar refractivity (Wildman–Crippen MR) is 82.3 cm³/mol. The number of nitrogens with one attached hydrogen (secondary N) is 1. The molecule has 0 aliphatic rings. The second-order valence-corrected chi connectivity index (χ2v) is 4.41. The van der Waals surface area contributed by atoms with Crippen LogP contribution < -0.4 is 14.2 Å². The summed E-state index contributed by atoms with van der Waals surface area (Å²) in [4.78, 5) is 14.9. The molecule has 0 fully saturated rings. The molecule has 124 valence electrons. The Bertz CT molecular complexity index is 656. The lowest BCUT2D eigenvalue weighted by atomic mass is 10.1. The van der Waals surface area contributed by atoms with Gasteiger partial charge in [-0.3, -0.25) is 5.10 Å². The number of aromatic amines is 1. The molecule has 2 N–H and O–H groups in total. The van der Waals surface area contributed by atoms with Crippen LogP contribution >= 0.6 is 0 Å². The molecule has 0 spiro atoms. The van der Waals surface area contributed by atoms with Gasteiger partial charge in [0.15, 0.2) is 17.3 Å². The van der Waals surface area contributed by atoms with E-state index in [1.165, 1.54) is 0 Å². The first-order chi connectivity index (χ1) is 11.1. The minimum atomic E-state index is -1.18. The van der Waals surface area contributed by atoms with Gasteiger partial charge in [0.2, 0.25) is 11.6 Å². The van der Waals surface area contributed by atoms with Gasteiger partial charge >= 0.3 is 5.97 Å². The first-order valence-electron chi connectivity index (χ1n) is 7.33. The molecule has 0 saturated heterocycles. The Labute approximate surface area is 133 Å². The average Bonchev–Trinajstić information content (AvgIpc) is 3.01. The van der Waals surface area contributed by atoms with E-state index in [0.717, 1.165) is 0 Å². The van der Waals surface area contributed by atoms with Gasteiger partial charge < -0.3 is 19.3 Å². The van der Waals surface area contributed by atoms with Gasteiger partial charge in [-0.05, 0) is 32.9 Å². The van der Waals surface area contributed by atoms with Crippen LogP contribution in [0.4, 0.5) is 0 Å². The number of hydrogen-bond acceptors (Lipinski definition) is 6. The number of hydrogen-bond donors (Lipinski definition) is 2. The van der Waals surface area contributed by atoms with E-state index in [4.69, 9.17) is 19.3 Å². The van der Waals surface area contributed by atoms with Crippen molar-refractivity contribution in [2.24, 2.45) is 0 Å². The zero-order valence-corrected chi connectivity index (χ0v) is 13.3. The number of H-pyrrole nitrogens is 1. The molecule has 0 atom stereocenters. The summed E-state index contributed by atoms with van der Waals surface area (Å²) in [6, 6.07) is 3.40. The second kappa shape index (κ2) is 7.48. The van der Waals surface area contributed by atoms with E-state index in [1.54, 1.807) is 12.1 Å². The monoisotopic (exact) mass is 321 g/mol. The van der Waals surface area contributed by atoms with E-state index < -0.39 is 5.97 Å². The molecule has 0 saturated carbocycles. The summed E-state index contributed by atoms with van der Waals surface area (Å²) >= 11 is 0. The summed E-state index contributed by atoms with van der Waals surface area (Å²) in [5, 5.41) is 15.2. The van der Waals surface area contributed by atoms with Gasteiger partial charge in [0.1, 0.15) is 0 Å². The molecule has 1 heterocycles. The van der Waals surface area contributed by atoms with Gasteiger partial charge in [0.25, 0.3) is 0 Å². The Morgan fingerprint density at radius 1 is 1.09 bits per heavy atom. The maximum Gasteiger partial charge on any atom is 0.373 e. The van der Waals surface area contributed by atoms with E-state index in [2.05, 4.69) is 15.2 Å². The summed E-state index contributed by atoms with van der Waals surface area (Å²) in [5.41, 5.74) is 0.573. The first kappa shape index (κ1) is 16.6. The Balaban J connectivity index is 2.52. The maximum atomic E-state index is 10.9. The molecule has 0 aliphatic heterocycles. The van der Waals surface area contributed by atoms with Crippen molar-refractivity contribution in [1.29, 1.82) is 0 Å². The second-order valence-electron chi connectivity index (χ2n) is 4.41. The number of benzene rings is 1. The van der Waals surface area contributed by atoms with Crippen LogP contribution in [0.15, 0.2) is 12.1 Å². The molecule has 0 unspecified atom stereocenters. The summed E-state index contributed by atoms with van der Waals surface area (Å²) in [5.74, 6) is 0.338. The number of carbonyl (C=O) groups is 1. The van der Waals surface area contributed by atoms with Gasteiger partial charge in [-0.1, -0.05) is 0 Å². The Morgan fingerprint density at radius 2 is 1.65 bits per heavy atom. The molecular weight excluding hydrogens is 302 g/mol. The fourth-order valence-corrected chi connectivity index (χ4v) is 2.00. The van der Waals surface area contributed by atoms with Crippen LogP contribution in [-0.2, 0) is 0 Å². The van der Waals surface area contributed by atoms with E-state index in [9.17, 15) is 4.79 Å². The third-order valence-corrected chi connectivity index (χ3v) is 2.86. The largest absolute Gasteiger partial charge is 0.490 e. The first-order valence-corrected chi connectivity index (χ1v) is 7.33. The lowest BCUT2D eigenvalue weighted by Crippen LogP contribution is -2.03. The highest BCUT2D eigenvalue weighted by atomic mass is 16.5. The molecule has 1 aromatic carbocycles. The van der Waals surface area contributed by atoms with Gasteiger partial charge in [-0.2, -0.15) is 5.10 Å². The van der Waals surface area contributed by atoms with Crippen molar-refractivity contribution in [3.63, 3.8) is 0 Å². The van der Waals surface area contributed by atoms with Crippen molar-refractivity contribution >= 4 is 5.97 Å². The molecule has 8 heteroatoms. The Hall–Kier alpha value is -2.77. The highest BCUT2D eigenvalue weighted by Gasteiger charge is 2.18. The predicted octanol–water partition coefficient (Wildman–Crippen LogP) is 2.37. The Morgan fingerprint density at radius 3 is 2.09 bits per heavy atom. The zero-order valence-electron chi connectivity index (χ0n) is 13.3. The normalized spacial score (nSPS) is 10.4. The fraction of sp³-hybridized carbons (Fsp3) is 0.400. The molecule has 1 aromatic heterocycles. The van der Waals surface area contributed by atoms with E-state index in [-0.39, 0.29) is 11.6 Å². The van der Waals surface area contributed by atoms with Crippen LogP contribution in [-0.4, -0.2) is 46.1 Å². The maximum absolute atomic E-state index is 10.9. The van der Waals surface area contributed by atoms with E-state index >= 15 is 0 Å². The highest BCUT2D eigenvalue weighted by molar-refractivity contribution is 5.83. The molecule has 0 amide bonds. The standard InChI is InChI=1S/C15H19N3O5/c1-4-21-10-7-9(13-16-14(15(19)20)18-17-13)8-11(22-5-2)12(10)23-6-3/h7-8H,4-6H2,1-3H3,(H,19,20)(H,16,17,18). The average molecular weight is 321 g/mol. The quantitative estimate of drug-likeness (QED) is 0.768. The molecule has 23 heavy (non-hydrogen) atoms. The van der Waals surface area contributed by atoms with Gasteiger partial charge in [-0.25, -0.2) is 9.78 Å². The van der Waals surface area contributed by atoms with E-state index in [1.807, 2.05) is 20.8 Å². The van der Waals surface area contributed by atoms with Crippen molar-refractivity contribution in [3.05, 3.63) is 18.0 Å². The molecular formula is C15H19N3O5. The number of carboxylic acids is 1. The zero-order chi connectivity index (χ0) is 16.8. The Kier molecular flexibility index (Phi) is 5.40. The van der Waals surface area contributed by atoms with Gasteiger partial charge in [0.05, 0.1) is 19.8 Å². The molecule has 8 nitrogen and oxygen atoms in total. The van der Waals surface area contributed by atoms with Gasteiger partial charge in [0, 0.05) is 5.56 Å². The van der Waals surface area contributed by atoms with Crippen molar-refractivity contribution in [2.45, 2.75) is 20.8 Å². The molecule has 0 radical (unpaired) electrons. The third-order valence-electron chi connectivity index (χ3n) is 2.86. The molecule has 2 aromatic rings. The van der Waals surface area contributed by atoms with E-state index in [0.29, 0.717) is 42.6 Å². The smallest absolute Gasteiger partial charge is 0.373 e. The van der Waals surface area contributed by atoms with Crippen LogP contribution in [0.5, 0.6) is 17.2 Å². The van der Waals surface area contributed by atoms with Crippen molar-refractivity contribution in [1.82, 2.24) is 15.2 Å². The number of rotatable bonds is 8. The summed E-state index contributed by atoms with van der Waals surface area (Å²) in [6.45, 7) is 6.94. The summed E-state index contributed by atoms with van der Waals surface area (Å²) in [7, 11) is 0. The number of aromatic carboxylic acids is 1. The number of carboxylic acid groups (broad SMARTS) is 1. The van der Waals surface area contributed by atoms with Crippen LogP contribution in [0.25, 0.3) is 11.4 Å². The molecule has 0 bridgehead atoms. The number of aromatic nitrogens is 3. The van der Waals surface area contributed by atoms with Gasteiger partial charge in [-0.15, -0.1) is 0 Å². The lowest BCUT2D eigenvalue weighted by molar-refractivity contribution is 0.0684. The number of nitrogens with zero attached hydrogens (tertiary/aromatic N) is 2. The van der Waals surface area contributed by atoms with Crippen LogP contribution in [0.3, 0.4) is 0 Å². The topological polar surface area (TPSA) is 107 Å². The number of ether oxygens (including phenoxy) is 3. The highest BCUT2D eigenvalue weighted by Crippen LogP contribution is 2.41. The lowest BCUT2D eigenvalue weighted by Gasteiger charge is -2.16. The van der Waals surface area contributed by atoms with Crippen molar-refractivity contribution in [2.75, 3.05) is 19.8 Å². The minimum absolute atomic E-state index is 0.232. The summed E-state index contributed by atoms with van der Waals surface area (Å²) in [6.07, 6.45) is 0. The fourth-order valence-electron chi connectivity index (χ4n) is 2.00. The van der Waals surface area contributed by atoms with Crippen molar-refractivity contribution in [3.8, 4) is 28.6 Å². The van der Waals surface area contributed by atoms with Crippen molar-refractivity contribution < 1.29 is 24.1 Å². The van der Waals surface area contributed by atoms with Crippen LogP contribution in [0.2, 0.25) is 0 Å². The minimum Gasteiger partial charge on any atom is -0.490 e. The third kappa shape index (κ3) is 3.71. The molecule has 0 aliphatic carbocycles. The summed E-state index contributed by atoms with van der Waals surface area (Å²) < 4.78 is 16.8.